The molecule has 1 aromatic carbocycles. The molecule has 0 fully saturated rings. The maximum atomic E-state index is 12.1. The molecule has 0 spiro atoms. The number of hydrogen-bond acceptors (Lipinski definition) is 5. The lowest BCUT2D eigenvalue weighted by molar-refractivity contribution is -0.154. The van der Waals surface area contributed by atoms with Crippen LogP contribution >= 0.6 is 0 Å². The largest absolute Gasteiger partial charge is 0.452 e. The van der Waals surface area contributed by atoms with Crippen LogP contribution in [-0.4, -0.2) is 42.8 Å². The first kappa shape index (κ1) is 22.5. The monoisotopic (exact) mass is 378 g/mol. The molecule has 0 heterocycles. The number of carbonyl (C=O) groups is 3. The van der Waals surface area contributed by atoms with E-state index < -0.39 is 23.8 Å². The Bertz CT molecular complexity index is 625. The standard InChI is InChI=1S/C20H30N2O5/c1-14(16-9-7-6-8-10-16)13-22-18(24)15(2)26-17(23)11-12-21-19(25)27-20(3,4)5/h6-10,14-15H,11-13H2,1-5H3,(H,21,25)(H,22,24)/t14-,15-/m0/s1. The smallest absolute Gasteiger partial charge is 0.407 e. The highest BCUT2D eigenvalue weighted by Crippen LogP contribution is 2.13. The van der Waals surface area contributed by atoms with Crippen LogP contribution in [0.3, 0.4) is 0 Å². The summed E-state index contributed by atoms with van der Waals surface area (Å²) < 4.78 is 10.2. The Balaban J connectivity index is 2.27. The zero-order chi connectivity index (χ0) is 20.4. The van der Waals surface area contributed by atoms with Gasteiger partial charge in [0.15, 0.2) is 6.10 Å². The average Bonchev–Trinajstić information content (AvgIpc) is 2.58. The summed E-state index contributed by atoms with van der Waals surface area (Å²) in [5, 5.41) is 5.25. The van der Waals surface area contributed by atoms with Crippen molar-refractivity contribution in [3.8, 4) is 0 Å². The average molecular weight is 378 g/mol. The lowest BCUT2D eigenvalue weighted by atomic mass is 10.0. The number of alkyl carbamates (subject to hydrolysis) is 1. The third-order valence-electron chi connectivity index (χ3n) is 3.63. The van der Waals surface area contributed by atoms with E-state index in [0.29, 0.717) is 6.54 Å². The molecular weight excluding hydrogens is 348 g/mol. The van der Waals surface area contributed by atoms with Gasteiger partial charge >= 0.3 is 12.1 Å². The van der Waals surface area contributed by atoms with E-state index in [1.165, 1.54) is 6.92 Å². The van der Waals surface area contributed by atoms with Crippen LogP contribution in [0.15, 0.2) is 30.3 Å². The van der Waals surface area contributed by atoms with Gasteiger partial charge in [-0.05, 0) is 39.2 Å². The number of benzene rings is 1. The van der Waals surface area contributed by atoms with E-state index in [1.807, 2.05) is 37.3 Å². The predicted octanol–water partition coefficient (Wildman–Crippen LogP) is 2.75. The second-order valence-electron chi connectivity index (χ2n) is 7.37. The molecule has 0 aliphatic rings. The molecule has 0 bridgehead atoms. The molecule has 2 amide bonds. The molecule has 0 radical (unpaired) electrons. The molecule has 150 valence electrons. The first-order valence-corrected chi connectivity index (χ1v) is 9.07. The number of hydrogen-bond donors (Lipinski definition) is 2. The van der Waals surface area contributed by atoms with Crippen molar-refractivity contribution in [1.29, 1.82) is 0 Å². The van der Waals surface area contributed by atoms with Gasteiger partial charge in [-0.15, -0.1) is 0 Å². The van der Waals surface area contributed by atoms with E-state index in [0.717, 1.165) is 5.56 Å². The second-order valence-corrected chi connectivity index (χ2v) is 7.37. The van der Waals surface area contributed by atoms with Gasteiger partial charge in [0.2, 0.25) is 0 Å². The summed E-state index contributed by atoms with van der Waals surface area (Å²) in [5.41, 5.74) is 0.518. The third-order valence-corrected chi connectivity index (χ3v) is 3.63. The maximum absolute atomic E-state index is 12.1. The fraction of sp³-hybridized carbons (Fsp3) is 0.550. The van der Waals surface area contributed by atoms with Crippen LogP contribution in [0.4, 0.5) is 4.79 Å². The molecule has 0 aliphatic carbocycles. The van der Waals surface area contributed by atoms with Crippen molar-refractivity contribution < 1.29 is 23.9 Å². The summed E-state index contributed by atoms with van der Waals surface area (Å²) in [5.74, 6) is -0.771. The van der Waals surface area contributed by atoms with E-state index in [4.69, 9.17) is 9.47 Å². The summed E-state index contributed by atoms with van der Waals surface area (Å²) in [6.45, 7) is 9.30. The summed E-state index contributed by atoms with van der Waals surface area (Å²) >= 11 is 0. The summed E-state index contributed by atoms with van der Waals surface area (Å²) in [4.78, 5) is 35.4. The molecule has 2 N–H and O–H groups in total. The van der Waals surface area contributed by atoms with E-state index in [-0.39, 0.29) is 24.8 Å². The van der Waals surface area contributed by atoms with Crippen molar-refractivity contribution >= 4 is 18.0 Å². The minimum atomic E-state index is -0.901. The van der Waals surface area contributed by atoms with Gasteiger partial charge in [0.1, 0.15) is 5.60 Å². The SMILES string of the molecule is C[C@H](OC(=O)CCNC(=O)OC(C)(C)C)C(=O)NC[C@H](C)c1ccccc1. The topological polar surface area (TPSA) is 93.7 Å². The van der Waals surface area contributed by atoms with Crippen LogP contribution in [0, 0.1) is 0 Å². The van der Waals surface area contributed by atoms with Gasteiger partial charge in [-0.3, -0.25) is 9.59 Å². The Morgan fingerprint density at radius 1 is 1.04 bits per heavy atom. The van der Waals surface area contributed by atoms with Gasteiger partial charge in [-0.25, -0.2) is 4.79 Å². The molecule has 0 aliphatic heterocycles. The van der Waals surface area contributed by atoms with Crippen LogP contribution in [-0.2, 0) is 19.1 Å². The van der Waals surface area contributed by atoms with Gasteiger partial charge in [0.25, 0.3) is 5.91 Å². The Morgan fingerprint density at radius 3 is 2.26 bits per heavy atom. The zero-order valence-electron chi connectivity index (χ0n) is 16.7. The summed E-state index contributed by atoms with van der Waals surface area (Å²) in [7, 11) is 0. The molecule has 0 saturated heterocycles. The lowest BCUT2D eigenvalue weighted by Crippen LogP contribution is -2.38. The molecule has 7 nitrogen and oxygen atoms in total. The minimum Gasteiger partial charge on any atom is -0.452 e. The normalized spacial score (nSPS) is 13.2. The highest BCUT2D eigenvalue weighted by Gasteiger charge is 2.19. The fourth-order valence-corrected chi connectivity index (χ4v) is 2.19. The number of carbonyl (C=O) groups excluding carboxylic acids is 3. The highest BCUT2D eigenvalue weighted by atomic mass is 16.6. The number of ether oxygens (including phenoxy) is 2. The molecule has 2 atom stereocenters. The van der Waals surface area contributed by atoms with Gasteiger partial charge in [-0.1, -0.05) is 37.3 Å². The first-order valence-electron chi connectivity index (χ1n) is 9.07. The second kappa shape index (κ2) is 10.5. The van der Waals surface area contributed by atoms with Crippen molar-refractivity contribution in [2.75, 3.05) is 13.1 Å². The number of rotatable bonds is 8. The summed E-state index contributed by atoms with van der Waals surface area (Å²) in [6, 6.07) is 9.83. The van der Waals surface area contributed by atoms with Crippen LogP contribution in [0.25, 0.3) is 0 Å². The quantitative estimate of drug-likeness (QED) is 0.679. The number of nitrogens with one attached hydrogen (secondary N) is 2. The Labute approximate surface area is 160 Å². The Kier molecular flexibility index (Phi) is 8.78. The molecular formula is C20H30N2O5. The minimum absolute atomic E-state index is 0.0444. The molecule has 0 saturated carbocycles. The van der Waals surface area contributed by atoms with Crippen LogP contribution in [0.1, 0.15) is 52.5 Å². The summed E-state index contributed by atoms with van der Waals surface area (Å²) in [6.07, 6.45) is -1.55. The predicted molar refractivity (Wildman–Crippen MR) is 102 cm³/mol. The Hall–Kier alpha value is -2.57. The van der Waals surface area contributed by atoms with Crippen molar-refractivity contribution in [1.82, 2.24) is 10.6 Å². The van der Waals surface area contributed by atoms with Crippen LogP contribution in [0.5, 0.6) is 0 Å². The molecule has 7 heteroatoms. The fourth-order valence-electron chi connectivity index (χ4n) is 2.19. The van der Waals surface area contributed by atoms with E-state index in [1.54, 1.807) is 20.8 Å². The van der Waals surface area contributed by atoms with Crippen molar-refractivity contribution in [3.63, 3.8) is 0 Å². The maximum Gasteiger partial charge on any atom is 0.407 e. The lowest BCUT2D eigenvalue weighted by Gasteiger charge is -2.19. The first-order chi connectivity index (χ1) is 12.6. The number of amides is 2. The van der Waals surface area contributed by atoms with E-state index in [2.05, 4.69) is 10.6 Å². The Morgan fingerprint density at radius 2 is 1.67 bits per heavy atom. The molecule has 1 aromatic rings. The zero-order valence-corrected chi connectivity index (χ0v) is 16.7. The molecule has 1 rings (SSSR count). The van der Waals surface area contributed by atoms with Crippen LogP contribution < -0.4 is 10.6 Å². The van der Waals surface area contributed by atoms with Crippen LogP contribution in [0.2, 0.25) is 0 Å². The van der Waals surface area contributed by atoms with E-state index >= 15 is 0 Å². The number of esters is 1. The van der Waals surface area contributed by atoms with Crippen molar-refractivity contribution in [2.45, 2.75) is 58.7 Å². The highest BCUT2D eigenvalue weighted by molar-refractivity contribution is 5.83. The van der Waals surface area contributed by atoms with Gasteiger partial charge in [-0.2, -0.15) is 0 Å². The van der Waals surface area contributed by atoms with Gasteiger partial charge in [0.05, 0.1) is 6.42 Å². The third kappa shape index (κ3) is 9.63. The molecule has 27 heavy (non-hydrogen) atoms. The molecule has 0 unspecified atom stereocenters. The van der Waals surface area contributed by atoms with Gasteiger partial charge < -0.3 is 20.1 Å². The molecule has 0 aromatic heterocycles. The van der Waals surface area contributed by atoms with Crippen molar-refractivity contribution in [3.05, 3.63) is 35.9 Å². The van der Waals surface area contributed by atoms with Crippen molar-refractivity contribution in [2.24, 2.45) is 0 Å². The van der Waals surface area contributed by atoms with E-state index in [9.17, 15) is 14.4 Å². The van der Waals surface area contributed by atoms with Gasteiger partial charge in [0, 0.05) is 13.1 Å².